The van der Waals surface area contributed by atoms with Crippen LogP contribution in [0.4, 0.5) is 5.69 Å². The summed E-state index contributed by atoms with van der Waals surface area (Å²) in [5.41, 5.74) is 0.708. The summed E-state index contributed by atoms with van der Waals surface area (Å²) in [4.78, 5) is 2.07. The van der Waals surface area contributed by atoms with Gasteiger partial charge in [0.1, 0.15) is 11.5 Å². The molecule has 0 bridgehead atoms. The molecule has 0 amide bonds. The number of anilines is 1. The zero-order valence-electron chi connectivity index (χ0n) is 12.8. The Hall–Kier alpha value is -1.24. The summed E-state index contributed by atoms with van der Waals surface area (Å²) >= 11 is 11.6. The first kappa shape index (κ1) is 17.1. The van der Waals surface area contributed by atoms with Gasteiger partial charge in [-0.1, -0.05) is 11.6 Å². The van der Waals surface area contributed by atoms with Gasteiger partial charge in [-0.15, -0.1) is 0 Å². The number of nitrogens with zero attached hydrogens (tertiary/aromatic N) is 1. The maximum absolute atomic E-state index is 9.32. The van der Waals surface area contributed by atoms with Crippen LogP contribution < -0.4 is 14.8 Å². The highest BCUT2D eigenvalue weighted by molar-refractivity contribution is 7.80. The third kappa shape index (κ3) is 3.94. The van der Waals surface area contributed by atoms with Gasteiger partial charge in [0.25, 0.3) is 0 Å². The molecule has 0 aliphatic carbocycles. The molecule has 22 heavy (non-hydrogen) atoms. The molecular formula is C15H21ClN2O3S. The van der Waals surface area contributed by atoms with Crippen molar-refractivity contribution < 1.29 is 14.6 Å². The van der Waals surface area contributed by atoms with Crippen molar-refractivity contribution in [1.29, 1.82) is 0 Å². The average molecular weight is 345 g/mol. The van der Waals surface area contributed by atoms with E-state index < -0.39 is 0 Å². The van der Waals surface area contributed by atoms with Crippen LogP contribution in [0.5, 0.6) is 11.5 Å². The number of aliphatic hydroxyl groups is 1. The van der Waals surface area contributed by atoms with Gasteiger partial charge in [0.2, 0.25) is 0 Å². The van der Waals surface area contributed by atoms with Gasteiger partial charge in [-0.25, -0.2) is 0 Å². The van der Waals surface area contributed by atoms with Gasteiger partial charge in [-0.05, 0) is 31.0 Å². The Labute approximate surface area is 141 Å². The molecule has 1 heterocycles. The number of ether oxygens (including phenoxy) is 2. The van der Waals surface area contributed by atoms with E-state index in [0.717, 1.165) is 25.9 Å². The molecule has 1 aliphatic rings. The topological polar surface area (TPSA) is 54.0 Å². The lowest BCUT2D eigenvalue weighted by Gasteiger charge is -2.34. The van der Waals surface area contributed by atoms with Gasteiger partial charge < -0.3 is 24.8 Å². The molecule has 1 aromatic carbocycles. The van der Waals surface area contributed by atoms with Crippen LogP contribution in [0.15, 0.2) is 12.1 Å². The maximum atomic E-state index is 9.32. The Morgan fingerprint density at radius 3 is 2.77 bits per heavy atom. The fraction of sp³-hybridized carbons (Fsp3) is 0.533. The summed E-state index contributed by atoms with van der Waals surface area (Å²) in [5, 5.41) is 13.6. The quantitative estimate of drug-likeness (QED) is 0.819. The monoisotopic (exact) mass is 344 g/mol. The molecule has 1 saturated heterocycles. The lowest BCUT2D eigenvalue weighted by atomic mass is 9.99. The van der Waals surface area contributed by atoms with E-state index in [4.69, 9.17) is 33.3 Å². The Morgan fingerprint density at radius 2 is 2.14 bits per heavy atom. The van der Waals surface area contributed by atoms with Gasteiger partial charge in [0.15, 0.2) is 5.11 Å². The minimum atomic E-state index is 0.192. The van der Waals surface area contributed by atoms with E-state index >= 15 is 0 Å². The van der Waals surface area contributed by atoms with E-state index in [1.165, 1.54) is 0 Å². The minimum Gasteiger partial charge on any atom is -0.495 e. The lowest BCUT2D eigenvalue weighted by Crippen LogP contribution is -2.43. The molecule has 0 unspecified atom stereocenters. The van der Waals surface area contributed by atoms with Crippen LogP contribution in [0.25, 0.3) is 0 Å². The van der Waals surface area contributed by atoms with Crippen molar-refractivity contribution in [2.75, 3.05) is 39.2 Å². The fourth-order valence-electron chi connectivity index (χ4n) is 2.55. The molecule has 0 radical (unpaired) electrons. The summed E-state index contributed by atoms with van der Waals surface area (Å²) in [6, 6.07) is 3.46. The van der Waals surface area contributed by atoms with Crippen LogP contribution in [-0.2, 0) is 0 Å². The average Bonchev–Trinajstić information content (AvgIpc) is 2.55. The van der Waals surface area contributed by atoms with Crippen molar-refractivity contribution >= 4 is 34.6 Å². The van der Waals surface area contributed by atoms with Crippen LogP contribution >= 0.6 is 23.8 Å². The molecule has 122 valence electrons. The Bertz CT molecular complexity index is 542. The molecule has 5 nitrogen and oxygen atoms in total. The largest absolute Gasteiger partial charge is 0.495 e. The number of hydrogen-bond donors (Lipinski definition) is 2. The van der Waals surface area contributed by atoms with Crippen LogP contribution in [-0.4, -0.2) is 49.0 Å². The van der Waals surface area contributed by atoms with E-state index in [1.54, 1.807) is 26.4 Å². The van der Waals surface area contributed by atoms with Crippen LogP contribution in [0.3, 0.4) is 0 Å². The van der Waals surface area contributed by atoms with E-state index in [0.29, 0.717) is 27.3 Å². The number of methoxy groups -OCH3 is 2. The normalized spacial score (nSPS) is 18.0. The van der Waals surface area contributed by atoms with Gasteiger partial charge in [0.05, 0.1) is 24.9 Å². The van der Waals surface area contributed by atoms with Gasteiger partial charge in [0, 0.05) is 31.8 Å². The van der Waals surface area contributed by atoms with Crippen LogP contribution in [0.1, 0.15) is 12.8 Å². The molecule has 7 heteroatoms. The molecule has 0 aromatic heterocycles. The number of benzene rings is 1. The number of piperidine rings is 1. The third-order valence-corrected chi connectivity index (χ3v) is 4.44. The smallest absolute Gasteiger partial charge is 0.173 e. The fourth-order valence-corrected chi connectivity index (χ4v) is 3.06. The first-order valence-corrected chi connectivity index (χ1v) is 7.96. The molecule has 2 rings (SSSR count). The molecule has 2 N–H and O–H groups in total. The molecule has 0 spiro atoms. The van der Waals surface area contributed by atoms with Crippen molar-refractivity contribution in [3.8, 4) is 11.5 Å². The number of hydrogen-bond acceptors (Lipinski definition) is 4. The van der Waals surface area contributed by atoms with E-state index in [-0.39, 0.29) is 12.5 Å². The second-order valence-electron chi connectivity index (χ2n) is 5.25. The highest BCUT2D eigenvalue weighted by Gasteiger charge is 2.22. The SMILES string of the molecule is COc1cc(NC(=S)N2CCC[C@@H](CO)C2)c(OC)cc1Cl. The second kappa shape index (κ2) is 7.85. The second-order valence-corrected chi connectivity index (χ2v) is 6.05. The van der Waals surface area contributed by atoms with Crippen LogP contribution in [0.2, 0.25) is 5.02 Å². The minimum absolute atomic E-state index is 0.192. The number of halogens is 1. The number of aliphatic hydroxyl groups excluding tert-OH is 1. The third-order valence-electron chi connectivity index (χ3n) is 3.78. The van der Waals surface area contributed by atoms with Crippen molar-refractivity contribution in [2.45, 2.75) is 12.8 Å². The molecule has 1 fully saturated rings. The summed E-state index contributed by atoms with van der Waals surface area (Å²) in [6.45, 7) is 1.84. The molecule has 0 saturated carbocycles. The summed E-state index contributed by atoms with van der Waals surface area (Å²) < 4.78 is 10.6. The predicted molar refractivity (Wildman–Crippen MR) is 92.2 cm³/mol. The number of thiocarbonyl (C=S) groups is 1. The van der Waals surface area contributed by atoms with Gasteiger partial charge in [-0.2, -0.15) is 0 Å². The first-order chi connectivity index (χ1) is 10.6. The van der Waals surface area contributed by atoms with Crippen molar-refractivity contribution in [3.05, 3.63) is 17.2 Å². The molecule has 1 aromatic rings. The van der Waals surface area contributed by atoms with E-state index in [1.807, 2.05) is 0 Å². The molecule has 1 aliphatic heterocycles. The zero-order valence-corrected chi connectivity index (χ0v) is 14.3. The molecular weight excluding hydrogens is 324 g/mol. The Kier molecular flexibility index (Phi) is 6.11. The lowest BCUT2D eigenvalue weighted by molar-refractivity contribution is 0.162. The van der Waals surface area contributed by atoms with Gasteiger partial charge in [-0.3, -0.25) is 0 Å². The highest BCUT2D eigenvalue weighted by Crippen LogP contribution is 2.36. The maximum Gasteiger partial charge on any atom is 0.173 e. The summed E-state index contributed by atoms with van der Waals surface area (Å²) in [5.74, 6) is 1.43. The van der Waals surface area contributed by atoms with E-state index in [2.05, 4.69) is 10.2 Å². The summed E-state index contributed by atoms with van der Waals surface area (Å²) in [6.07, 6.45) is 2.06. The zero-order chi connectivity index (χ0) is 16.1. The van der Waals surface area contributed by atoms with Crippen LogP contribution in [0, 0.1) is 5.92 Å². The number of likely N-dealkylation sites (tertiary alicyclic amines) is 1. The van der Waals surface area contributed by atoms with Crippen molar-refractivity contribution in [1.82, 2.24) is 4.90 Å². The Morgan fingerprint density at radius 1 is 1.41 bits per heavy atom. The number of rotatable bonds is 4. The van der Waals surface area contributed by atoms with Crippen molar-refractivity contribution in [2.24, 2.45) is 5.92 Å². The molecule has 1 atom stereocenters. The highest BCUT2D eigenvalue weighted by atomic mass is 35.5. The first-order valence-electron chi connectivity index (χ1n) is 7.17. The standard InChI is InChI=1S/C15H21ClN2O3S/c1-20-13-7-12(14(21-2)6-11(13)16)17-15(22)18-5-3-4-10(8-18)9-19/h6-7,10,19H,3-5,8-9H2,1-2H3,(H,17,22)/t10-/m1/s1. The Balaban J connectivity index is 2.13. The summed E-state index contributed by atoms with van der Waals surface area (Å²) in [7, 11) is 3.14. The van der Waals surface area contributed by atoms with Crippen molar-refractivity contribution in [3.63, 3.8) is 0 Å². The predicted octanol–water partition coefficient (Wildman–Crippen LogP) is 2.76. The number of nitrogens with one attached hydrogen (secondary N) is 1. The van der Waals surface area contributed by atoms with Gasteiger partial charge >= 0.3 is 0 Å². The van der Waals surface area contributed by atoms with E-state index in [9.17, 15) is 5.11 Å².